The van der Waals surface area contributed by atoms with Crippen LogP contribution in [0.2, 0.25) is 0 Å². The number of carbonyl (C=O) groups excluding carboxylic acids is 3. The Hall–Kier alpha value is -2.41. The summed E-state index contributed by atoms with van der Waals surface area (Å²) in [4.78, 5) is 38.0. The second kappa shape index (κ2) is 18.8. The SMILES string of the molecule is CCCCCC(=O)N(CC)CC(C)(C)COCC(C)(C)CN(CC)C(=O)CCc1ccc(C)cc1.NC=O. The minimum absolute atomic E-state index is 0.124. The third-order valence-electron chi connectivity index (χ3n) is 6.43. The number of nitrogens with two attached hydrogens (primary N) is 1. The third kappa shape index (κ3) is 15.8. The van der Waals surface area contributed by atoms with Gasteiger partial charge in [-0.15, -0.1) is 0 Å². The Morgan fingerprint density at radius 2 is 1.29 bits per heavy atom. The van der Waals surface area contributed by atoms with Crippen molar-refractivity contribution in [2.45, 2.75) is 93.9 Å². The molecule has 218 valence electrons. The zero-order valence-electron chi connectivity index (χ0n) is 25.5. The summed E-state index contributed by atoms with van der Waals surface area (Å²) in [5, 5.41) is 0. The van der Waals surface area contributed by atoms with E-state index in [1.54, 1.807) is 0 Å². The van der Waals surface area contributed by atoms with E-state index < -0.39 is 0 Å². The highest BCUT2D eigenvalue weighted by Crippen LogP contribution is 2.23. The first-order chi connectivity index (χ1) is 17.8. The number of hydrogen-bond donors (Lipinski definition) is 1. The van der Waals surface area contributed by atoms with Crippen molar-refractivity contribution < 1.29 is 19.1 Å². The molecule has 0 aromatic heterocycles. The second-order valence-corrected chi connectivity index (χ2v) is 11.7. The molecule has 3 amide bonds. The highest BCUT2D eigenvalue weighted by molar-refractivity contribution is 5.76. The Kier molecular flexibility index (Phi) is 17.6. The van der Waals surface area contributed by atoms with Crippen molar-refractivity contribution in [1.82, 2.24) is 9.80 Å². The molecular weight excluding hydrogens is 478 g/mol. The Morgan fingerprint density at radius 3 is 1.71 bits per heavy atom. The van der Waals surface area contributed by atoms with E-state index >= 15 is 0 Å². The van der Waals surface area contributed by atoms with Crippen LogP contribution in [0.4, 0.5) is 0 Å². The molecule has 1 aromatic carbocycles. The molecule has 7 heteroatoms. The van der Waals surface area contributed by atoms with Crippen LogP contribution < -0.4 is 5.73 Å². The van der Waals surface area contributed by atoms with Crippen molar-refractivity contribution in [3.63, 3.8) is 0 Å². The molecule has 0 aliphatic rings. The van der Waals surface area contributed by atoms with Gasteiger partial charge in [0, 0.05) is 49.9 Å². The number of benzene rings is 1. The van der Waals surface area contributed by atoms with Crippen LogP contribution in [-0.2, 0) is 25.5 Å². The molecule has 38 heavy (non-hydrogen) atoms. The smallest absolute Gasteiger partial charge is 0.222 e. The molecule has 2 N–H and O–H groups in total. The van der Waals surface area contributed by atoms with E-state index in [1.165, 1.54) is 11.1 Å². The molecule has 1 rings (SSSR count). The molecule has 0 spiro atoms. The first kappa shape index (κ1) is 35.6. The maximum Gasteiger partial charge on any atom is 0.222 e. The standard InChI is InChI=1S/C30H52N2O3.CH3NO/c1-9-12-13-14-27(33)31(10-2)21-29(5,6)23-35-24-30(7,8)22-32(11-3)28(34)20-19-26-17-15-25(4)16-18-26;2-1-3/h15-18H,9-14,19-24H2,1-8H3;1H,(H2,2,3). The fourth-order valence-corrected chi connectivity index (χ4v) is 4.33. The largest absolute Gasteiger partial charge is 0.380 e. The number of rotatable bonds is 17. The van der Waals surface area contributed by atoms with Gasteiger partial charge < -0.3 is 20.3 Å². The lowest BCUT2D eigenvalue weighted by molar-refractivity contribution is -0.133. The molecule has 0 fully saturated rings. The van der Waals surface area contributed by atoms with Crippen LogP contribution in [0.5, 0.6) is 0 Å². The number of aryl methyl sites for hydroxylation is 2. The predicted octanol–water partition coefficient (Wildman–Crippen LogP) is 5.38. The number of hydrogen-bond acceptors (Lipinski definition) is 4. The Labute approximate surface area is 232 Å². The topological polar surface area (TPSA) is 92.9 Å². The highest BCUT2D eigenvalue weighted by Gasteiger charge is 2.28. The van der Waals surface area contributed by atoms with Gasteiger partial charge in [-0.25, -0.2) is 0 Å². The average Bonchev–Trinajstić information content (AvgIpc) is 2.85. The van der Waals surface area contributed by atoms with Gasteiger partial charge >= 0.3 is 0 Å². The number of primary amides is 1. The van der Waals surface area contributed by atoms with Crippen molar-refractivity contribution in [3.8, 4) is 0 Å². The van der Waals surface area contributed by atoms with E-state index in [-0.39, 0.29) is 29.1 Å². The zero-order valence-corrected chi connectivity index (χ0v) is 25.5. The highest BCUT2D eigenvalue weighted by atomic mass is 16.5. The molecule has 1 aromatic rings. The van der Waals surface area contributed by atoms with E-state index in [9.17, 15) is 9.59 Å². The van der Waals surface area contributed by atoms with Crippen molar-refractivity contribution >= 4 is 18.2 Å². The van der Waals surface area contributed by atoms with E-state index in [4.69, 9.17) is 9.53 Å². The fourth-order valence-electron chi connectivity index (χ4n) is 4.33. The minimum atomic E-state index is -0.147. The van der Waals surface area contributed by atoms with Gasteiger partial charge in [0.15, 0.2) is 0 Å². The predicted molar refractivity (Wildman–Crippen MR) is 157 cm³/mol. The molecule has 7 nitrogen and oxygen atoms in total. The first-order valence-electron chi connectivity index (χ1n) is 14.2. The monoisotopic (exact) mass is 533 g/mol. The number of nitrogens with zero attached hydrogens (tertiary/aromatic N) is 2. The fraction of sp³-hybridized carbons (Fsp3) is 0.710. The van der Waals surface area contributed by atoms with Crippen molar-refractivity contribution in [2.75, 3.05) is 39.4 Å². The molecule has 0 saturated carbocycles. The molecule has 0 bridgehead atoms. The summed E-state index contributed by atoms with van der Waals surface area (Å²) >= 11 is 0. The Balaban J connectivity index is 0.00000434. The van der Waals surface area contributed by atoms with Gasteiger partial charge in [0.2, 0.25) is 18.2 Å². The zero-order chi connectivity index (χ0) is 29.2. The van der Waals surface area contributed by atoms with Gasteiger partial charge in [0.05, 0.1) is 13.2 Å². The van der Waals surface area contributed by atoms with Gasteiger partial charge in [-0.05, 0) is 39.2 Å². The van der Waals surface area contributed by atoms with Crippen LogP contribution >= 0.6 is 0 Å². The summed E-state index contributed by atoms with van der Waals surface area (Å²) in [7, 11) is 0. The molecule has 0 unspecified atom stereocenters. The van der Waals surface area contributed by atoms with Gasteiger partial charge in [-0.2, -0.15) is 0 Å². The minimum Gasteiger partial charge on any atom is -0.380 e. The molecule has 0 heterocycles. The third-order valence-corrected chi connectivity index (χ3v) is 6.43. The van der Waals surface area contributed by atoms with Crippen LogP contribution in [0.25, 0.3) is 0 Å². The van der Waals surface area contributed by atoms with E-state index in [2.05, 4.69) is 71.5 Å². The summed E-state index contributed by atoms with van der Waals surface area (Å²) in [5.74, 6) is 0.443. The lowest BCUT2D eigenvalue weighted by atomic mass is 9.92. The maximum atomic E-state index is 12.9. The Morgan fingerprint density at radius 1 is 0.842 bits per heavy atom. The van der Waals surface area contributed by atoms with Crippen molar-refractivity contribution in [3.05, 3.63) is 35.4 Å². The number of amides is 3. The lowest BCUT2D eigenvalue weighted by Gasteiger charge is -2.35. The van der Waals surface area contributed by atoms with Crippen LogP contribution in [0.1, 0.15) is 91.7 Å². The van der Waals surface area contributed by atoms with Gasteiger partial charge in [-0.1, -0.05) is 77.3 Å². The summed E-state index contributed by atoms with van der Waals surface area (Å²) in [6, 6.07) is 8.41. The summed E-state index contributed by atoms with van der Waals surface area (Å²) in [6.45, 7) is 20.9. The summed E-state index contributed by atoms with van der Waals surface area (Å²) in [5.41, 5.74) is 6.34. The van der Waals surface area contributed by atoms with Gasteiger partial charge in [0.1, 0.15) is 0 Å². The molecule has 0 aliphatic heterocycles. The number of carbonyl (C=O) groups is 3. The lowest BCUT2D eigenvalue weighted by Crippen LogP contribution is -2.43. The van der Waals surface area contributed by atoms with Crippen molar-refractivity contribution in [2.24, 2.45) is 16.6 Å². The molecule has 0 aliphatic carbocycles. The van der Waals surface area contributed by atoms with Crippen LogP contribution in [0.15, 0.2) is 24.3 Å². The van der Waals surface area contributed by atoms with Crippen LogP contribution in [-0.4, -0.2) is 67.4 Å². The molecular formula is C31H55N3O4. The van der Waals surface area contributed by atoms with E-state index in [1.807, 2.05) is 23.6 Å². The maximum absolute atomic E-state index is 12.9. The van der Waals surface area contributed by atoms with Gasteiger partial charge in [-0.3, -0.25) is 14.4 Å². The summed E-state index contributed by atoms with van der Waals surface area (Å²) < 4.78 is 6.18. The molecule has 0 atom stereocenters. The van der Waals surface area contributed by atoms with Crippen LogP contribution in [0.3, 0.4) is 0 Å². The van der Waals surface area contributed by atoms with Crippen molar-refractivity contribution in [1.29, 1.82) is 0 Å². The number of unbranched alkanes of at least 4 members (excludes halogenated alkanes) is 2. The quantitative estimate of drug-likeness (QED) is 0.215. The molecule has 0 saturated heterocycles. The average molecular weight is 534 g/mol. The van der Waals surface area contributed by atoms with E-state index in [0.717, 1.165) is 32.2 Å². The second-order valence-electron chi connectivity index (χ2n) is 11.7. The van der Waals surface area contributed by atoms with E-state index in [0.29, 0.717) is 45.7 Å². The number of ether oxygens (including phenoxy) is 1. The summed E-state index contributed by atoms with van der Waals surface area (Å²) in [6.07, 6.45) is 5.38. The normalized spacial score (nSPS) is 11.4. The van der Waals surface area contributed by atoms with Gasteiger partial charge in [0.25, 0.3) is 0 Å². The first-order valence-corrected chi connectivity index (χ1v) is 14.2. The Bertz CT molecular complexity index is 806. The molecule has 0 radical (unpaired) electrons. The van der Waals surface area contributed by atoms with Crippen LogP contribution in [0, 0.1) is 17.8 Å².